The van der Waals surface area contributed by atoms with E-state index in [2.05, 4.69) is 10.6 Å². The highest BCUT2D eigenvalue weighted by molar-refractivity contribution is 6.00. The largest absolute Gasteiger partial charge is 0.488 e. The first kappa shape index (κ1) is 28.3. The van der Waals surface area contributed by atoms with Crippen molar-refractivity contribution in [2.75, 3.05) is 44.4 Å². The van der Waals surface area contributed by atoms with Crippen molar-refractivity contribution < 1.29 is 32.6 Å². The van der Waals surface area contributed by atoms with Crippen molar-refractivity contribution in [1.82, 2.24) is 9.80 Å². The lowest BCUT2D eigenvalue weighted by atomic mass is 10.0. The lowest BCUT2D eigenvalue weighted by molar-refractivity contribution is -0.137. The molecule has 3 amide bonds. The van der Waals surface area contributed by atoms with Crippen LogP contribution in [-0.2, 0) is 17.4 Å². The van der Waals surface area contributed by atoms with Crippen LogP contribution in [0.5, 0.6) is 5.75 Å². The number of alkyl halides is 3. The van der Waals surface area contributed by atoms with E-state index >= 15 is 0 Å². The third-order valence-electron chi connectivity index (χ3n) is 6.19. The van der Waals surface area contributed by atoms with Gasteiger partial charge in [-0.1, -0.05) is 6.92 Å². The normalized spacial score (nSPS) is 19.3. The van der Waals surface area contributed by atoms with E-state index in [-0.39, 0.29) is 42.7 Å². The SMILES string of the molecule is C[C@H]1CN([C@@H](C)CO)C(=O)Cc2cc(NC(=O)Nc3ccc(C(F)(F)F)cc3)ccc2O[C@H]1CN(C)C. The summed E-state index contributed by atoms with van der Waals surface area (Å²) in [4.78, 5) is 29.3. The van der Waals surface area contributed by atoms with Gasteiger partial charge in [0.2, 0.25) is 5.91 Å². The predicted octanol–water partition coefficient (Wildman–Crippen LogP) is 4.06. The summed E-state index contributed by atoms with van der Waals surface area (Å²) in [5.41, 5.74) is 0.344. The van der Waals surface area contributed by atoms with Crippen LogP contribution in [0.15, 0.2) is 42.5 Å². The molecule has 202 valence electrons. The van der Waals surface area contributed by atoms with E-state index < -0.39 is 17.8 Å². The number of carbonyl (C=O) groups is 2. The second-order valence-corrected chi connectivity index (χ2v) is 9.63. The van der Waals surface area contributed by atoms with Gasteiger partial charge in [-0.05, 0) is 63.5 Å². The van der Waals surface area contributed by atoms with Crippen LogP contribution in [0.3, 0.4) is 0 Å². The van der Waals surface area contributed by atoms with Gasteiger partial charge in [0.25, 0.3) is 0 Å². The number of amides is 3. The van der Waals surface area contributed by atoms with Gasteiger partial charge in [0.15, 0.2) is 0 Å². The van der Waals surface area contributed by atoms with Crippen LogP contribution in [0.2, 0.25) is 0 Å². The molecule has 3 atom stereocenters. The second-order valence-electron chi connectivity index (χ2n) is 9.63. The molecule has 8 nitrogen and oxygen atoms in total. The van der Waals surface area contributed by atoms with Gasteiger partial charge in [-0.3, -0.25) is 4.79 Å². The summed E-state index contributed by atoms with van der Waals surface area (Å²) in [5, 5.41) is 14.9. The minimum absolute atomic E-state index is 0.0110. The molecule has 3 N–H and O–H groups in total. The Labute approximate surface area is 214 Å². The van der Waals surface area contributed by atoms with Crippen LogP contribution in [0.4, 0.5) is 29.3 Å². The van der Waals surface area contributed by atoms with Crippen LogP contribution in [0.25, 0.3) is 0 Å². The first-order valence-corrected chi connectivity index (χ1v) is 12.0. The van der Waals surface area contributed by atoms with Crippen molar-refractivity contribution in [3.8, 4) is 5.75 Å². The van der Waals surface area contributed by atoms with Gasteiger partial charge >= 0.3 is 12.2 Å². The van der Waals surface area contributed by atoms with Crippen LogP contribution >= 0.6 is 0 Å². The van der Waals surface area contributed by atoms with E-state index in [1.54, 1.807) is 30.0 Å². The van der Waals surface area contributed by atoms with Crippen molar-refractivity contribution in [2.24, 2.45) is 5.92 Å². The molecule has 0 aliphatic carbocycles. The summed E-state index contributed by atoms with van der Waals surface area (Å²) < 4.78 is 44.6. The number of nitrogens with zero attached hydrogens (tertiary/aromatic N) is 2. The average Bonchev–Trinajstić information content (AvgIpc) is 2.86. The molecule has 37 heavy (non-hydrogen) atoms. The molecule has 3 rings (SSSR count). The molecule has 1 heterocycles. The topological polar surface area (TPSA) is 94.1 Å². The summed E-state index contributed by atoms with van der Waals surface area (Å²) in [6, 6.07) is 8.06. The van der Waals surface area contributed by atoms with E-state index in [9.17, 15) is 27.9 Å². The van der Waals surface area contributed by atoms with Crippen LogP contribution in [0, 0.1) is 5.92 Å². The Morgan fingerprint density at radius 2 is 1.78 bits per heavy atom. The Balaban J connectivity index is 1.81. The first-order valence-electron chi connectivity index (χ1n) is 12.0. The molecule has 0 radical (unpaired) electrons. The number of benzene rings is 2. The molecular formula is C26H33F3N4O4. The first-order chi connectivity index (χ1) is 17.4. The van der Waals surface area contributed by atoms with Gasteiger partial charge in [0.1, 0.15) is 11.9 Å². The molecule has 1 aliphatic rings. The number of hydrogen-bond donors (Lipinski definition) is 3. The molecule has 0 saturated heterocycles. The highest BCUT2D eigenvalue weighted by atomic mass is 19.4. The predicted molar refractivity (Wildman–Crippen MR) is 135 cm³/mol. The van der Waals surface area contributed by atoms with Gasteiger partial charge in [0.05, 0.1) is 24.6 Å². The van der Waals surface area contributed by atoms with E-state index in [0.29, 0.717) is 30.1 Å². The fourth-order valence-corrected chi connectivity index (χ4v) is 4.12. The lowest BCUT2D eigenvalue weighted by Crippen LogP contribution is -2.47. The highest BCUT2D eigenvalue weighted by Crippen LogP contribution is 2.31. The number of fused-ring (bicyclic) bond motifs is 1. The Morgan fingerprint density at radius 3 is 2.38 bits per heavy atom. The van der Waals surface area contributed by atoms with Crippen molar-refractivity contribution in [2.45, 2.75) is 38.6 Å². The molecule has 0 spiro atoms. The number of likely N-dealkylation sites (N-methyl/N-ethyl adjacent to an activating group) is 1. The van der Waals surface area contributed by atoms with Crippen molar-refractivity contribution in [3.63, 3.8) is 0 Å². The maximum atomic E-state index is 13.2. The van der Waals surface area contributed by atoms with Crippen LogP contribution in [-0.4, -0.2) is 72.8 Å². The smallest absolute Gasteiger partial charge is 0.416 e. The van der Waals surface area contributed by atoms with Gasteiger partial charge in [-0.15, -0.1) is 0 Å². The maximum absolute atomic E-state index is 13.2. The third kappa shape index (κ3) is 7.59. The minimum atomic E-state index is -4.46. The monoisotopic (exact) mass is 522 g/mol. The summed E-state index contributed by atoms with van der Waals surface area (Å²) in [5.74, 6) is 0.341. The number of anilines is 2. The quantitative estimate of drug-likeness (QED) is 0.532. The maximum Gasteiger partial charge on any atom is 0.416 e. The molecule has 2 aromatic rings. The highest BCUT2D eigenvalue weighted by Gasteiger charge is 2.31. The molecule has 0 saturated carbocycles. The second kappa shape index (κ2) is 11.8. The van der Waals surface area contributed by atoms with Gasteiger partial charge in [-0.2, -0.15) is 13.2 Å². The number of aliphatic hydroxyl groups excluding tert-OH is 1. The number of aliphatic hydroxyl groups is 1. The summed E-state index contributed by atoms with van der Waals surface area (Å²) in [6.45, 7) is 4.66. The third-order valence-corrected chi connectivity index (χ3v) is 6.19. The molecule has 0 aromatic heterocycles. The van der Waals surface area contributed by atoms with Gasteiger partial charge in [0, 0.05) is 35.9 Å². The van der Waals surface area contributed by atoms with E-state index in [1.807, 2.05) is 25.9 Å². The van der Waals surface area contributed by atoms with Crippen molar-refractivity contribution in [1.29, 1.82) is 0 Å². The number of carbonyl (C=O) groups excluding carboxylic acids is 2. The number of ether oxygens (including phenoxy) is 1. The fraction of sp³-hybridized carbons (Fsp3) is 0.462. The number of halogens is 3. The summed E-state index contributed by atoms with van der Waals surface area (Å²) in [7, 11) is 3.87. The summed E-state index contributed by atoms with van der Waals surface area (Å²) in [6.07, 6.45) is -4.68. The zero-order valence-electron chi connectivity index (χ0n) is 21.3. The molecule has 2 aromatic carbocycles. The Hall–Kier alpha value is -3.31. The average molecular weight is 523 g/mol. The van der Waals surface area contributed by atoms with E-state index in [1.165, 1.54) is 12.1 Å². The fourth-order valence-electron chi connectivity index (χ4n) is 4.12. The lowest BCUT2D eigenvalue weighted by Gasteiger charge is -2.33. The molecule has 11 heteroatoms. The van der Waals surface area contributed by atoms with Crippen LogP contribution < -0.4 is 15.4 Å². The van der Waals surface area contributed by atoms with Crippen LogP contribution in [0.1, 0.15) is 25.0 Å². The Kier molecular flexibility index (Phi) is 9.03. The Bertz CT molecular complexity index is 1090. The molecule has 0 unspecified atom stereocenters. The summed E-state index contributed by atoms with van der Waals surface area (Å²) >= 11 is 0. The van der Waals surface area contributed by atoms with Crippen molar-refractivity contribution in [3.05, 3.63) is 53.6 Å². The zero-order chi connectivity index (χ0) is 27.3. The van der Waals surface area contributed by atoms with Gasteiger partial charge < -0.3 is 30.3 Å². The van der Waals surface area contributed by atoms with Gasteiger partial charge in [-0.25, -0.2) is 4.79 Å². The number of rotatable bonds is 6. The standard InChI is InChI=1S/C26H33F3N4O4/c1-16-13-33(17(2)15-34)24(35)12-18-11-21(9-10-22(18)37-23(16)14-32(3)4)31-25(36)30-20-7-5-19(6-8-20)26(27,28)29/h5-11,16-17,23,34H,12-15H2,1-4H3,(H2,30,31,36)/t16-,17-,23-/m0/s1. The van der Waals surface area contributed by atoms with Crippen molar-refractivity contribution >= 4 is 23.3 Å². The zero-order valence-corrected chi connectivity index (χ0v) is 21.3. The van der Waals surface area contributed by atoms with E-state index in [0.717, 1.165) is 12.1 Å². The molecule has 0 bridgehead atoms. The molecule has 1 aliphatic heterocycles. The number of urea groups is 1. The Morgan fingerprint density at radius 1 is 1.16 bits per heavy atom. The molecular weight excluding hydrogens is 489 g/mol. The number of hydrogen-bond acceptors (Lipinski definition) is 5. The molecule has 0 fully saturated rings. The minimum Gasteiger partial charge on any atom is -0.488 e. The number of nitrogens with one attached hydrogen (secondary N) is 2. The van der Waals surface area contributed by atoms with E-state index in [4.69, 9.17) is 4.74 Å².